The van der Waals surface area contributed by atoms with Crippen LogP contribution in [0.15, 0.2) is 12.1 Å². The molecule has 0 spiro atoms. The van der Waals surface area contributed by atoms with Gasteiger partial charge in [0.2, 0.25) is 0 Å². The van der Waals surface area contributed by atoms with E-state index >= 15 is 0 Å². The van der Waals surface area contributed by atoms with Crippen molar-refractivity contribution in [2.24, 2.45) is 5.41 Å². The van der Waals surface area contributed by atoms with Crippen LogP contribution in [0.2, 0.25) is 5.02 Å². The molecule has 1 aromatic carbocycles. The third-order valence-electron chi connectivity index (χ3n) is 4.53. The second kappa shape index (κ2) is 5.76. The Labute approximate surface area is 130 Å². The summed E-state index contributed by atoms with van der Waals surface area (Å²) in [6.45, 7) is 4.56. The number of nitrogens with zero attached hydrogens (tertiary/aromatic N) is 1. The first kappa shape index (κ1) is 16.0. The number of nitrogen functional groups attached to an aromatic ring is 1. The van der Waals surface area contributed by atoms with Gasteiger partial charge in [-0.2, -0.15) is 0 Å². The van der Waals surface area contributed by atoms with Gasteiger partial charge in [0.25, 0.3) is 0 Å². The maximum absolute atomic E-state index is 11.5. The van der Waals surface area contributed by atoms with Crippen molar-refractivity contribution in [3.05, 3.63) is 22.7 Å². The van der Waals surface area contributed by atoms with Crippen LogP contribution in [0.25, 0.3) is 0 Å². The number of halogens is 1. The molecule has 2 rings (SSSR count). The van der Waals surface area contributed by atoms with Gasteiger partial charge in [-0.15, -0.1) is 0 Å². The molecule has 21 heavy (non-hydrogen) atoms. The number of rotatable bonds is 3. The summed E-state index contributed by atoms with van der Waals surface area (Å²) in [6, 6.07) is 3.41. The highest BCUT2D eigenvalue weighted by Crippen LogP contribution is 2.40. The Morgan fingerprint density at radius 3 is 2.48 bits per heavy atom. The highest BCUT2D eigenvalue weighted by Gasteiger charge is 2.31. The van der Waals surface area contributed by atoms with Gasteiger partial charge in [-0.1, -0.05) is 25.4 Å². The molecule has 116 valence electrons. The van der Waals surface area contributed by atoms with Crippen LogP contribution in [-0.4, -0.2) is 24.2 Å². The highest BCUT2D eigenvalue weighted by atomic mass is 35.5. The van der Waals surface area contributed by atoms with Crippen LogP contribution in [0.4, 0.5) is 11.4 Å². The fourth-order valence-electron chi connectivity index (χ4n) is 3.10. The third-order valence-corrected chi connectivity index (χ3v) is 4.81. The van der Waals surface area contributed by atoms with Crippen molar-refractivity contribution in [2.45, 2.75) is 45.6 Å². The number of hydrogen-bond donors (Lipinski definition) is 2. The first-order valence-electron chi connectivity index (χ1n) is 7.26. The largest absolute Gasteiger partial charge is 0.478 e. The molecule has 1 aliphatic carbocycles. The zero-order valence-corrected chi connectivity index (χ0v) is 13.6. The lowest BCUT2D eigenvalue weighted by Gasteiger charge is -2.40. The van der Waals surface area contributed by atoms with Crippen molar-refractivity contribution in [3.63, 3.8) is 0 Å². The first-order valence-corrected chi connectivity index (χ1v) is 7.64. The Hall–Kier alpha value is -1.42. The molecule has 1 aromatic rings. The zero-order valence-electron chi connectivity index (χ0n) is 12.8. The van der Waals surface area contributed by atoms with E-state index in [1.54, 1.807) is 6.07 Å². The molecule has 0 aromatic heterocycles. The molecule has 0 aliphatic heterocycles. The lowest BCUT2D eigenvalue weighted by atomic mass is 9.75. The number of hydrogen-bond acceptors (Lipinski definition) is 3. The molecule has 0 bridgehead atoms. The van der Waals surface area contributed by atoms with E-state index in [1.165, 1.54) is 6.07 Å². The van der Waals surface area contributed by atoms with Gasteiger partial charge in [0.05, 0.1) is 16.3 Å². The smallest absolute Gasteiger partial charge is 0.337 e. The summed E-state index contributed by atoms with van der Waals surface area (Å²) in [5.41, 5.74) is 7.21. The monoisotopic (exact) mass is 310 g/mol. The molecule has 0 heterocycles. The van der Waals surface area contributed by atoms with Crippen LogP contribution in [0.1, 0.15) is 49.9 Å². The molecule has 4 nitrogen and oxygen atoms in total. The summed E-state index contributed by atoms with van der Waals surface area (Å²) in [6.07, 6.45) is 4.36. The minimum absolute atomic E-state index is 0.173. The van der Waals surface area contributed by atoms with Gasteiger partial charge in [0.1, 0.15) is 0 Å². The van der Waals surface area contributed by atoms with Crippen molar-refractivity contribution in [3.8, 4) is 0 Å². The average molecular weight is 311 g/mol. The van der Waals surface area contributed by atoms with E-state index in [2.05, 4.69) is 13.8 Å². The molecule has 0 saturated heterocycles. The van der Waals surface area contributed by atoms with Crippen LogP contribution in [-0.2, 0) is 0 Å². The molecule has 0 amide bonds. The topological polar surface area (TPSA) is 66.6 Å². The van der Waals surface area contributed by atoms with E-state index in [0.717, 1.165) is 25.7 Å². The quantitative estimate of drug-likeness (QED) is 0.827. The van der Waals surface area contributed by atoms with Crippen molar-refractivity contribution >= 4 is 28.9 Å². The fourth-order valence-corrected chi connectivity index (χ4v) is 3.46. The number of anilines is 2. The van der Waals surface area contributed by atoms with E-state index in [4.69, 9.17) is 17.3 Å². The van der Waals surface area contributed by atoms with E-state index in [-0.39, 0.29) is 5.56 Å². The van der Waals surface area contributed by atoms with Crippen LogP contribution in [0.3, 0.4) is 0 Å². The number of benzene rings is 1. The van der Waals surface area contributed by atoms with Crippen molar-refractivity contribution in [2.75, 3.05) is 17.7 Å². The molecule has 1 fully saturated rings. The van der Waals surface area contributed by atoms with Crippen LogP contribution < -0.4 is 10.6 Å². The van der Waals surface area contributed by atoms with Crippen molar-refractivity contribution in [1.82, 2.24) is 0 Å². The molecule has 0 radical (unpaired) electrons. The maximum Gasteiger partial charge on any atom is 0.337 e. The maximum atomic E-state index is 11.5. The molecule has 5 heteroatoms. The predicted octanol–water partition coefficient (Wildman–Crippen LogP) is 4.03. The Morgan fingerprint density at radius 2 is 1.95 bits per heavy atom. The van der Waals surface area contributed by atoms with Gasteiger partial charge in [-0.3, -0.25) is 0 Å². The van der Waals surface area contributed by atoms with Crippen molar-refractivity contribution < 1.29 is 9.90 Å². The zero-order chi connectivity index (χ0) is 15.8. The Morgan fingerprint density at radius 1 is 1.38 bits per heavy atom. The first-order chi connectivity index (χ1) is 9.71. The van der Waals surface area contributed by atoms with E-state index in [9.17, 15) is 9.90 Å². The highest BCUT2D eigenvalue weighted by molar-refractivity contribution is 6.34. The number of nitrogens with two attached hydrogens (primary N) is 1. The summed E-state index contributed by atoms with van der Waals surface area (Å²) in [5, 5.41) is 9.81. The second-order valence-electron chi connectivity index (χ2n) is 6.71. The number of carboxylic acid groups (broad SMARTS) is 1. The molecular formula is C16H23ClN2O2. The second-order valence-corrected chi connectivity index (χ2v) is 7.12. The number of carboxylic acids is 1. The van der Waals surface area contributed by atoms with Crippen LogP contribution in [0, 0.1) is 5.41 Å². The average Bonchev–Trinajstić information content (AvgIpc) is 2.37. The van der Waals surface area contributed by atoms with Crippen molar-refractivity contribution in [1.29, 1.82) is 0 Å². The summed E-state index contributed by atoms with van der Waals surface area (Å²) in [4.78, 5) is 13.5. The SMILES string of the molecule is CN(c1c(Cl)cc(N)cc1C(=O)O)C1CCC(C)(C)CC1. The fraction of sp³-hybridized carbons (Fsp3) is 0.562. The lowest BCUT2D eigenvalue weighted by Crippen LogP contribution is -2.38. The minimum Gasteiger partial charge on any atom is -0.478 e. The normalized spacial score (nSPS) is 18.5. The summed E-state index contributed by atoms with van der Waals surface area (Å²) >= 11 is 6.26. The standard InChI is InChI=1S/C16H23ClN2O2/c1-16(2)6-4-11(5-7-16)19(3)14-12(15(20)21)8-10(18)9-13(14)17/h8-9,11H,4-7,18H2,1-3H3,(H,20,21). The minimum atomic E-state index is -0.998. The molecule has 0 atom stereocenters. The van der Waals surface area contributed by atoms with Crippen LogP contribution >= 0.6 is 11.6 Å². The van der Waals surface area contributed by atoms with Crippen LogP contribution in [0.5, 0.6) is 0 Å². The van der Waals surface area contributed by atoms with E-state index in [1.807, 2.05) is 11.9 Å². The van der Waals surface area contributed by atoms with Gasteiger partial charge in [-0.25, -0.2) is 4.79 Å². The molecule has 1 saturated carbocycles. The molecule has 1 aliphatic rings. The Balaban J connectivity index is 2.31. The predicted molar refractivity (Wildman–Crippen MR) is 87.3 cm³/mol. The van der Waals surface area contributed by atoms with E-state index in [0.29, 0.717) is 27.9 Å². The Kier molecular flexibility index (Phi) is 4.38. The molecule has 3 N–H and O–H groups in total. The van der Waals surface area contributed by atoms with Gasteiger partial charge < -0.3 is 15.7 Å². The number of aromatic carboxylic acids is 1. The van der Waals surface area contributed by atoms with E-state index < -0.39 is 5.97 Å². The molecular weight excluding hydrogens is 288 g/mol. The van der Waals surface area contributed by atoms with Gasteiger partial charge >= 0.3 is 5.97 Å². The Bertz CT molecular complexity index is 547. The summed E-state index contributed by atoms with van der Waals surface area (Å²) in [7, 11) is 1.92. The van der Waals surface area contributed by atoms with Gasteiger partial charge in [0, 0.05) is 18.8 Å². The summed E-state index contributed by atoms with van der Waals surface area (Å²) < 4.78 is 0. The molecule has 0 unspecified atom stereocenters. The number of carbonyl (C=O) groups is 1. The van der Waals surface area contributed by atoms with Gasteiger partial charge in [-0.05, 0) is 43.2 Å². The van der Waals surface area contributed by atoms with Gasteiger partial charge in [0.15, 0.2) is 0 Å². The third kappa shape index (κ3) is 3.43. The lowest BCUT2D eigenvalue weighted by molar-refractivity contribution is 0.0697. The summed E-state index contributed by atoms with van der Waals surface area (Å²) in [5.74, 6) is -0.998.